The molecule has 1 aromatic carbocycles. The molecule has 0 atom stereocenters. The van der Waals surface area contributed by atoms with Crippen LogP contribution in [0.15, 0.2) is 28.8 Å². The Labute approximate surface area is 126 Å². The maximum Gasteiger partial charge on any atom is 0.232 e. The molecule has 1 aliphatic rings. The first-order chi connectivity index (χ1) is 10.2. The quantitative estimate of drug-likeness (QED) is 0.938. The monoisotopic (exact) mass is 285 g/mol. The fourth-order valence-electron chi connectivity index (χ4n) is 3.17. The van der Waals surface area contributed by atoms with Crippen LogP contribution in [0.25, 0.3) is 0 Å². The van der Waals surface area contributed by atoms with Crippen LogP contribution in [0.3, 0.4) is 0 Å². The van der Waals surface area contributed by atoms with Crippen molar-refractivity contribution < 1.29 is 4.52 Å². The van der Waals surface area contributed by atoms with Gasteiger partial charge in [0.05, 0.1) is 5.41 Å². The maximum absolute atomic E-state index is 5.61. The van der Waals surface area contributed by atoms with Gasteiger partial charge in [-0.1, -0.05) is 41.9 Å². The zero-order valence-corrected chi connectivity index (χ0v) is 12.9. The molecule has 1 fully saturated rings. The van der Waals surface area contributed by atoms with Crippen LogP contribution in [0.2, 0.25) is 0 Å². The van der Waals surface area contributed by atoms with Crippen molar-refractivity contribution in [3.8, 4) is 0 Å². The summed E-state index contributed by atoms with van der Waals surface area (Å²) in [6.45, 7) is 6.38. The van der Waals surface area contributed by atoms with Crippen molar-refractivity contribution in [2.45, 2.75) is 44.9 Å². The molecule has 3 rings (SSSR count). The van der Waals surface area contributed by atoms with E-state index in [1.54, 1.807) is 0 Å². The van der Waals surface area contributed by atoms with Gasteiger partial charge in [0, 0.05) is 6.42 Å². The van der Waals surface area contributed by atoms with Crippen molar-refractivity contribution >= 4 is 0 Å². The number of benzene rings is 1. The van der Waals surface area contributed by atoms with Crippen LogP contribution in [0, 0.1) is 6.92 Å². The minimum Gasteiger partial charge on any atom is -0.339 e. The van der Waals surface area contributed by atoms with Crippen LogP contribution in [-0.4, -0.2) is 23.2 Å². The van der Waals surface area contributed by atoms with Crippen LogP contribution in [-0.2, 0) is 11.8 Å². The van der Waals surface area contributed by atoms with E-state index in [-0.39, 0.29) is 5.41 Å². The summed E-state index contributed by atoms with van der Waals surface area (Å²) in [6, 6.07) is 8.47. The lowest BCUT2D eigenvalue weighted by Crippen LogP contribution is -2.39. The topological polar surface area (TPSA) is 51.0 Å². The third-order valence-corrected chi connectivity index (χ3v) is 4.60. The third kappa shape index (κ3) is 3.00. The Morgan fingerprint density at radius 1 is 1.29 bits per heavy atom. The van der Waals surface area contributed by atoms with Crippen molar-refractivity contribution in [3.05, 3.63) is 47.1 Å². The van der Waals surface area contributed by atoms with Crippen molar-refractivity contribution in [2.75, 3.05) is 13.1 Å². The molecule has 0 spiro atoms. The molecule has 1 N–H and O–H groups in total. The van der Waals surface area contributed by atoms with E-state index in [9.17, 15) is 0 Å². The lowest BCUT2D eigenvalue weighted by molar-refractivity contribution is 0.216. The Balaban J connectivity index is 1.79. The third-order valence-electron chi connectivity index (χ3n) is 4.60. The molecule has 0 unspecified atom stereocenters. The second kappa shape index (κ2) is 5.98. The summed E-state index contributed by atoms with van der Waals surface area (Å²) in [4.78, 5) is 4.70. The molecule has 21 heavy (non-hydrogen) atoms. The molecular formula is C17H23N3O. The highest BCUT2D eigenvalue weighted by Gasteiger charge is 2.37. The first kappa shape index (κ1) is 14.3. The molecule has 4 heteroatoms. The molecule has 2 heterocycles. The maximum atomic E-state index is 5.61. The zero-order valence-electron chi connectivity index (χ0n) is 12.9. The van der Waals surface area contributed by atoms with Gasteiger partial charge < -0.3 is 9.84 Å². The lowest BCUT2D eigenvalue weighted by atomic mass is 9.76. The molecule has 2 aromatic rings. The molecule has 1 saturated heterocycles. The number of piperidine rings is 1. The standard InChI is InChI=1S/C17H23N3O/c1-3-17(7-9-18-10-8-17)16-19-15(20-21-16)12-14-6-4-5-13(2)11-14/h4-6,11,18H,3,7-10,12H2,1-2H3. The summed E-state index contributed by atoms with van der Waals surface area (Å²) in [7, 11) is 0. The van der Waals surface area contributed by atoms with E-state index in [1.807, 2.05) is 0 Å². The average molecular weight is 285 g/mol. The number of aromatic nitrogens is 2. The smallest absolute Gasteiger partial charge is 0.232 e. The van der Waals surface area contributed by atoms with Gasteiger partial charge in [0.1, 0.15) is 0 Å². The summed E-state index contributed by atoms with van der Waals surface area (Å²) >= 11 is 0. The number of nitrogens with one attached hydrogen (secondary N) is 1. The molecule has 0 bridgehead atoms. The Bertz CT molecular complexity index is 600. The lowest BCUT2D eigenvalue weighted by Gasteiger charge is -2.33. The molecular weight excluding hydrogens is 262 g/mol. The van der Waals surface area contributed by atoms with E-state index in [1.165, 1.54) is 11.1 Å². The fourth-order valence-corrected chi connectivity index (χ4v) is 3.17. The zero-order chi connectivity index (χ0) is 14.7. The minimum atomic E-state index is 0.0725. The Morgan fingerprint density at radius 3 is 2.81 bits per heavy atom. The Morgan fingerprint density at radius 2 is 2.10 bits per heavy atom. The predicted molar refractivity (Wildman–Crippen MR) is 82.4 cm³/mol. The van der Waals surface area contributed by atoms with Crippen LogP contribution in [0.4, 0.5) is 0 Å². The Hall–Kier alpha value is -1.68. The van der Waals surface area contributed by atoms with E-state index in [0.29, 0.717) is 0 Å². The number of hydrogen-bond donors (Lipinski definition) is 1. The van der Waals surface area contributed by atoms with E-state index in [0.717, 1.165) is 50.5 Å². The van der Waals surface area contributed by atoms with E-state index < -0.39 is 0 Å². The van der Waals surface area contributed by atoms with Crippen molar-refractivity contribution in [1.29, 1.82) is 0 Å². The van der Waals surface area contributed by atoms with Gasteiger partial charge in [0.25, 0.3) is 0 Å². The van der Waals surface area contributed by atoms with Crippen molar-refractivity contribution in [3.63, 3.8) is 0 Å². The van der Waals surface area contributed by atoms with Gasteiger partial charge in [-0.15, -0.1) is 0 Å². The molecule has 0 saturated carbocycles. The van der Waals surface area contributed by atoms with Crippen molar-refractivity contribution in [1.82, 2.24) is 15.5 Å². The van der Waals surface area contributed by atoms with Crippen LogP contribution in [0.1, 0.15) is 49.0 Å². The summed E-state index contributed by atoms with van der Waals surface area (Å²) < 4.78 is 5.61. The minimum absolute atomic E-state index is 0.0725. The Kier molecular flexibility index (Phi) is 4.06. The molecule has 4 nitrogen and oxygen atoms in total. The second-order valence-corrected chi connectivity index (χ2v) is 6.07. The summed E-state index contributed by atoms with van der Waals surface area (Å²) in [5, 5.41) is 7.61. The molecule has 1 aliphatic heterocycles. The van der Waals surface area contributed by atoms with Gasteiger partial charge in [-0.25, -0.2) is 0 Å². The van der Waals surface area contributed by atoms with E-state index >= 15 is 0 Å². The number of hydrogen-bond acceptors (Lipinski definition) is 4. The van der Waals surface area contributed by atoms with Crippen LogP contribution < -0.4 is 5.32 Å². The molecule has 112 valence electrons. The van der Waals surface area contributed by atoms with Gasteiger partial charge in [-0.2, -0.15) is 4.98 Å². The van der Waals surface area contributed by atoms with Gasteiger partial charge in [0.15, 0.2) is 5.82 Å². The largest absolute Gasteiger partial charge is 0.339 e. The average Bonchev–Trinajstić information content (AvgIpc) is 2.97. The number of rotatable bonds is 4. The molecule has 0 amide bonds. The summed E-state index contributed by atoms with van der Waals surface area (Å²) in [5.41, 5.74) is 2.57. The number of aryl methyl sites for hydroxylation is 1. The van der Waals surface area contributed by atoms with E-state index in [4.69, 9.17) is 9.51 Å². The normalized spacial score (nSPS) is 17.8. The van der Waals surface area contributed by atoms with E-state index in [2.05, 4.69) is 48.6 Å². The SMILES string of the molecule is CCC1(c2nc(Cc3cccc(C)c3)no2)CCNCC1. The fraction of sp³-hybridized carbons (Fsp3) is 0.529. The van der Waals surface area contributed by atoms with Gasteiger partial charge >= 0.3 is 0 Å². The first-order valence-corrected chi connectivity index (χ1v) is 7.81. The molecule has 1 aromatic heterocycles. The summed E-state index contributed by atoms with van der Waals surface area (Å²) in [5.74, 6) is 1.62. The van der Waals surface area contributed by atoms with Crippen LogP contribution in [0.5, 0.6) is 0 Å². The first-order valence-electron chi connectivity index (χ1n) is 7.81. The predicted octanol–water partition coefficient (Wildman–Crippen LogP) is 3.00. The van der Waals surface area contributed by atoms with Crippen molar-refractivity contribution in [2.24, 2.45) is 0 Å². The van der Waals surface area contributed by atoms with Gasteiger partial charge in [0.2, 0.25) is 5.89 Å². The van der Waals surface area contributed by atoms with Crippen LogP contribution >= 0.6 is 0 Å². The molecule has 0 radical (unpaired) electrons. The summed E-state index contributed by atoms with van der Waals surface area (Å²) in [6.07, 6.45) is 3.95. The molecule has 0 aliphatic carbocycles. The number of nitrogens with zero attached hydrogens (tertiary/aromatic N) is 2. The van der Waals surface area contributed by atoms with Gasteiger partial charge in [-0.05, 0) is 44.8 Å². The highest BCUT2D eigenvalue weighted by atomic mass is 16.5. The highest BCUT2D eigenvalue weighted by Crippen LogP contribution is 2.35. The second-order valence-electron chi connectivity index (χ2n) is 6.07. The van der Waals surface area contributed by atoms with Gasteiger partial charge in [-0.3, -0.25) is 0 Å². The highest BCUT2D eigenvalue weighted by molar-refractivity contribution is 5.24.